The molecule has 0 radical (unpaired) electrons. The summed E-state index contributed by atoms with van der Waals surface area (Å²) >= 11 is 0. The van der Waals surface area contributed by atoms with Crippen LogP contribution in [0.3, 0.4) is 0 Å². The Labute approximate surface area is 191 Å². The van der Waals surface area contributed by atoms with Crippen LogP contribution in [-0.4, -0.2) is 61.5 Å². The SMILES string of the molecule is CCCNC(=O)OCCC(OC(=O)CC(C)=O)Oc1cccc(NC(=O)CC[S+](C)C)c1. The van der Waals surface area contributed by atoms with E-state index in [1.165, 1.54) is 6.92 Å². The van der Waals surface area contributed by atoms with E-state index >= 15 is 0 Å². The summed E-state index contributed by atoms with van der Waals surface area (Å²) in [5.74, 6) is -0.0152. The van der Waals surface area contributed by atoms with Crippen molar-refractivity contribution in [2.24, 2.45) is 0 Å². The highest BCUT2D eigenvalue weighted by Gasteiger charge is 2.19. The van der Waals surface area contributed by atoms with Crippen molar-refractivity contribution in [1.29, 1.82) is 0 Å². The predicted octanol–water partition coefficient (Wildman–Crippen LogP) is 2.65. The second-order valence-corrected chi connectivity index (χ2v) is 9.66. The zero-order valence-corrected chi connectivity index (χ0v) is 19.9. The molecule has 0 saturated carbocycles. The fourth-order valence-electron chi connectivity index (χ4n) is 2.38. The van der Waals surface area contributed by atoms with Crippen molar-refractivity contribution < 1.29 is 33.4 Å². The van der Waals surface area contributed by atoms with Gasteiger partial charge in [-0.05, 0) is 36.4 Å². The third-order valence-electron chi connectivity index (χ3n) is 3.88. The van der Waals surface area contributed by atoms with Crippen molar-refractivity contribution in [1.82, 2.24) is 5.32 Å². The van der Waals surface area contributed by atoms with E-state index in [-0.39, 0.29) is 42.0 Å². The van der Waals surface area contributed by atoms with Crippen molar-refractivity contribution in [2.75, 3.05) is 36.7 Å². The van der Waals surface area contributed by atoms with E-state index in [9.17, 15) is 19.2 Å². The third kappa shape index (κ3) is 12.8. The van der Waals surface area contributed by atoms with E-state index in [1.807, 2.05) is 6.92 Å². The van der Waals surface area contributed by atoms with Crippen LogP contribution in [0.2, 0.25) is 0 Å². The van der Waals surface area contributed by atoms with Gasteiger partial charge in [-0.1, -0.05) is 13.0 Å². The lowest BCUT2D eigenvalue weighted by atomic mass is 10.3. The van der Waals surface area contributed by atoms with E-state index in [0.717, 1.165) is 12.2 Å². The minimum atomic E-state index is -1.08. The van der Waals surface area contributed by atoms with Crippen LogP contribution in [0.5, 0.6) is 5.75 Å². The van der Waals surface area contributed by atoms with Crippen molar-refractivity contribution in [3.63, 3.8) is 0 Å². The number of ether oxygens (including phenoxy) is 3. The Morgan fingerprint density at radius 3 is 2.56 bits per heavy atom. The van der Waals surface area contributed by atoms with Gasteiger partial charge in [0.05, 0.1) is 25.4 Å². The first-order chi connectivity index (χ1) is 15.2. The molecular formula is C22H33N2O7S+. The number of carbonyl (C=O) groups is 4. The van der Waals surface area contributed by atoms with Gasteiger partial charge in [-0.3, -0.25) is 14.4 Å². The van der Waals surface area contributed by atoms with Crippen molar-refractivity contribution in [3.8, 4) is 5.75 Å². The van der Waals surface area contributed by atoms with Crippen LogP contribution < -0.4 is 15.4 Å². The second-order valence-electron chi connectivity index (χ2n) is 7.28. The maximum Gasteiger partial charge on any atom is 0.407 e. The number of rotatable bonds is 14. The third-order valence-corrected chi connectivity index (χ3v) is 4.91. The molecule has 0 saturated heterocycles. The summed E-state index contributed by atoms with van der Waals surface area (Å²) in [4.78, 5) is 46.8. The quantitative estimate of drug-likeness (QED) is 0.186. The summed E-state index contributed by atoms with van der Waals surface area (Å²) in [5, 5.41) is 5.38. The summed E-state index contributed by atoms with van der Waals surface area (Å²) in [6.45, 7) is 3.63. The zero-order valence-electron chi connectivity index (χ0n) is 19.1. The highest BCUT2D eigenvalue weighted by molar-refractivity contribution is 7.95. The van der Waals surface area contributed by atoms with Crippen LogP contribution in [-0.2, 0) is 34.8 Å². The molecule has 0 aliphatic rings. The van der Waals surface area contributed by atoms with Crippen molar-refractivity contribution in [3.05, 3.63) is 24.3 Å². The standard InChI is InChI=1S/C22H32N2O7S/c1-5-11-23-22(28)29-12-9-21(31-20(27)14-16(2)25)30-18-8-6-7-17(15-18)24-19(26)10-13-32(3)4/h6-8,15,21H,5,9-14H2,1-4H3,(H-,23,24,26,28)/p+1. The molecule has 1 rings (SSSR count). The van der Waals surface area contributed by atoms with Gasteiger partial charge in [0.15, 0.2) is 0 Å². The minimum Gasteiger partial charge on any atom is -0.455 e. The largest absolute Gasteiger partial charge is 0.455 e. The van der Waals surface area contributed by atoms with Gasteiger partial charge < -0.3 is 24.8 Å². The van der Waals surface area contributed by atoms with Gasteiger partial charge in [-0.25, -0.2) is 4.79 Å². The number of alkyl carbamates (subject to hydrolysis) is 1. The van der Waals surface area contributed by atoms with E-state index in [4.69, 9.17) is 14.2 Å². The molecule has 0 fully saturated rings. The molecule has 2 amide bonds. The second kappa shape index (κ2) is 15.1. The summed E-state index contributed by atoms with van der Waals surface area (Å²) in [6, 6.07) is 6.67. The van der Waals surface area contributed by atoms with Crippen LogP contribution in [0, 0.1) is 0 Å². The van der Waals surface area contributed by atoms with Gasteiger partial charge in [-0.2, -0.15) is 0 Å². The molecule has 1 aromatic rings. The van der Waals surface area contributed by atoms with Crippen molar-refractivity contribution in [2.45, 2.75) is 45.8 Å². The van der Waals surface area contributed by atoms with E-state index in [2.05, 4.69) is 23.1 Å². The summed E-state index contributed by atoms with van der Waals surface area (Å²) in [5.41, 5.74) is 0.545. The molecule has 1 atom stereocenters. The fourth-order valence-corrected chi connectivity index (χ4v) is 2.97. The lowest BCUT2D eigenvalue weighted by molar-refractivity contribution is -0.166. The molecule has 1 unspecified atom stereocenters. The number of amides is 2. The Morgan fingerprint density at radius 2 is 1.91 bits per heavy atom. The van der Waals surface area contributed by atoms with Crippen molar-refractivity contribution >= 4 is 40.3 Å². The van der Waals surface area contributed by atoms with Crippen LogP contribution in [0.15, 0.2) is 24.3 Å². The van der Waals surface area contributed by atoms with Gasteiger partial charge in [0.25, 0.3) is 0 Å². The van der Waals surface area contributed by atoms with E-state index in [1.54, 1.807) is 24.3 Å². The summed E-state index contributed by atoms with van der Waals surface area (Å²) in [7, 11) is 0.176. The van der Waals surface area contributed by atoms with Gasteiger partial charge in [-0.15, -0.1) is 0 Å². The molecule has 0 spiro atoms. The lowest BCUT2D eigenvalue weighted by Gasteiger charge is -2.20. The number of anilines is 1. The number of ketones is 1. The molecule has 2 N–H and O–H groups in total. The average molecular weight is 470 g/mol. The Kier molecular flexibility index (Phi) is 12.9. The monoisotopic (exact) mass is 469 g/mol. The lowest BCUT2D eigenvalue weighted by Crippen LogP contribution is -2.29. The zero-order chi connectivity index (χ0) is 23.9. The number of hydrogen-bond donors (Lipinski definition) is 2. The molecule has 32 heavy (non-hydrogen) atoms. The number of nitrogens with one attached hydrogen (secondary N) is 2. The smallest absolute Gasteiger partial charge is 0.407 e. The highest BCUT2D eigenvalue weighted by Crippen LogP contribution is 2.20. The van der Waals surface area contributed by atoms with Gasteiger partial charge in [0.1, 0.15) is 30.3 Å². The first-order valence-corrected chi connectivity index (χ1v) is 12.6. The first-order valence-electron chi connectivity index (χ1n) is 10.4. The normalized spacial score (nSPS) is 11.4. The van der Waals surface area contributed by atoms with Gasteiger partial charge >= 0.3 is 12.1 Å². The topological polar surface area (TPSA) is 120 Å². The molecular weight excluding hydrogens is 436 g/mol. The van der Waals surface area contributed by atoms with Crippen LogP contribution in [0.25, 0.3) is 0 Å². The molecule has 10 heteroatoms. The molecule has 0 heterocycles. The summed E-state index contributed by atoms with van der Waals surface area (Å²) in [6.07, 6.45) is 3.37. The fraction of sp³-hybridized carbons (Fsp3) is 0.545. The Morgan fingerprint density at radius 1 is 1.16 bits per heavy atom. The van der Waals surface area contributed by atoms with Crippen LogP contribution in [0.4, 0.5) is 10.5 Å². The first kappa shape index (κ1) is 27.3. The number of benzene rings is 1. The highest BCUT2D eigenvalue weighted by atomic mass is 32.2. The van der Waals surface area contributed by atoms with E-state index < -0.39 is 18.4 Å². The predicted molar refractivity (Wildman–Crippen MR) is 124 cm³/mol. The number of Topliss-reactive ketones (excluding diaryl/α,β-unsaturated/α-hetero) is 1. The van der Waals surface area contributed by atoms with Gasteiger partial charge in [0, 0.05) is 18.3 Å². The molecule has 178 valence electrons. The molecule has 1 aromatic carbocycles. The minimum absolute atomic E-state index is 0.0556. The number of carbonyl (C=O) groups excluding carboxylic acids is 4. The van der Waals surface area contributed by atoms with Gasteiger partial charge in [0.2, 0.25) is 12.2 Å². The Hall–Kier alpha value is -2.75. The molecule has 0 aliphatic heterocycles. The van der Waals surface area contributed by atoms with E-state index in [0.29, 0.717) is 24.4 Å². The number of esters is 1. The molecule has 0 bridgehead atoms. The maximum absolute atomic E-state index is 12.1. The summed E-state index contributed by atoms with van der Waals surface area (Å²) < 4.78 is 16.0. The molecule has 9 nitrogen and oxygen atoms in total. The Balaban J connectivity index is 2.73. The maximum atomic E-state index is 12.1. The average Bonchev–Trinajstić information content (AvgIpc) is 2.70. The molecule has 0 aliphatic carbocycles. The number of hydrogen-bond acceptors (Lipinski definition) is 7. The van der Waals surface area contributed by atoms with Crippen LogP contribution >= 0.6 is 0 Å². The van der Waals surface area contributed by atoms with Crippen LogP contribution in [0.1, 0.15) is 39.5 Å². The Bertz CT molecular complexity index is 770. The molecule has 0 aromatic heterocycles.